The van der Waals surface area contributed by atoms with Crippen molar-refractivity contribution in [2.24, 2.45) is 5.92 Å². The summed E-state index contributed by atoms with van der Waals surface area (Å²) in [6, 6.07) is 0. The minimum atomic E-state index is 0.602. The Balaban J connectivity index is 3.06. The second kappa shape index (κ2) is 9.90. The number of halogens is 1. The van der Waals surface area contributed by atoms with Gasteiger partial charge in [0.05, 0.1) is 0 Å². The van der Waals surface area contributed by atoms with E-state index in [0.717, 1.165) is 31.6 Å². The standard InChI is InChI=1S/C21H31Cl/c1-6-9-17(4)14-20(15-18(5)22)21-11-8-7-10-19(21)13-12-16(2)3/h10-11,14-16H,5-9,12-13H2,1-4H3/b17-14+,20-15+. The molecule has 0 fully saturated rings. The third-order valence-corrected chi connectivity index (χ3v) is 4.02. The van der Waals surface area contributed by atoms with Crippen LogP contribution in [-0.4, -0.2) is 0 Å². The molecule has 0 aliphatic heterocycles. The van der Waals surface area contributed by atoms with Crippen molar-refractivity contribution in [3.8, 4) is 0 Å². The van der Waals surface area contributed by atoms with Gasteiger partial charge in [0.25, 0.3) is 0 Å². The van der Waals surface area contributed by atoms with E-state index in [-0.39, 0.29) is 0 Å². The molecule has 0 aromatic carbocycles. The molecule has 0 atom stereocenters. The van der Waals surface area contributed by atoms with Gasteiger partial charge in [0, 0.05) is 5.03 Å². The lowest BCUT2D eigenvalue weighted by atomic mass is 9.86. The highest BCUT2D eigenvalue weighted by Crippen LogP contribution is 2.32. The Bertz CT molecular complexity index is 498. The van der Waals surface area contributed by atoms with Crippen molar-refractivity contribution >= 4 is 11.6 Å². The topological polar surface area (TPSA) is 0 Å². The van der Waals surface area contributed by atoms with Gasteiger partial charge in [-0.05, 0) is 67.7 Å². The fourth-order valence-electron chi connectivity index (χ4n) is 2.81. The summed E-state index contributed by atoms with van der Waals surface area (Å²) >= 11 is 6.08. The lowest BCUT2D eigenvalue weighted by Crippen LogP contribution is -2.01. The summed E-state index contributed by atoms with van der Waals surface area (Å²) in [5.74, 6) is 0.733. The largest absolute Gasteiger partial charge is 0.0850 e. The van der Waals surface area contributed by atoms with E-state index in [9.17, 15) is 0 Å². The minimum absolute atomic E-state index is 0.602. The molecule has 0 saturated heterocycles. The van der Waals surface area contributed by atoms with Crippen LogP contribution >= 0.6 is 11.6 Å². The molecule has 1 aliphatic rings. The van der Waals surface area contributed by atoms with Crippen molar-refractivity contribution < 1.29 is 0 Å². The molecule has 22 heavy (non-hydrogen) atoms. The smallest absolute Gasteiger partial charge is 0.0340 e. The molecule has 0 nitrogen and oxygen atoms in total. The predicted molar refractivity (Wildman–Crippen MR) is 101 cm³/mol. The normalized spacial score (nSPS) is 16.6. The highest BCUT2D eigenvalue weighted by atomic mass is 35.5. The van der Waals surface area contributed by atoms with Gasteiger partial charge in [0.2, 0.25) is 0 Å². The van der Waals surface area contributed by atoms with Crippen molar-refractivity contribution in [2.45, 2.75) is 66.2 Å². The highest BCUT2D eigenvalue weighted by molar-refractivity contribution is 6.31. The van der Waals surface area contributed by atoms with E-state index in [1.165, 1.54) is 35.1 Å². The summed E-state index contributed by atoms with van der Waals surface area (Å²) in [6.45, 7) is 12.9. The molecular formula is C21H31Cl. The molecule has 0 spiro atoms. The third-order valence-electron chi connectivity index (χ3n) is 3.91. The lowest BCUT2D eigenvalue weighted by Gasteiger charge is -2.19. The summed E-state index contributed by atoms with van der Waals surface area (Å²) in [6.07, 6.45) is 16.0. The summed E-state index contributed by atoms with van der Waals surface area (Å²) in [5.41, 5.74) is 5.47. The zero-order valence-corrected chi connectivity index (χ0v) is 15.5. The average Bonchev–Trinajstić information content (AvgIpc) is 2.44. The van der Waals surface area contributed by atoms with Crippen LogP contribution in [0, 0.1) is 5.92 Å². The van der Waals surface area contributed by atoms with Gasteiger partial charge in [-0.1, -0.05) is 69.2 Å². The van der Waals surface area contributed by atoms with Gasteiger partial charge in [-0.3, -0.25) is 0 Å². The third kappa shape index (κ3) is 6.83. The van der Waals surface area contributed by atoms with E-state index in [2.05, 4.69) is 52.5 Å². The highest BCUT2D eigenvalue weighted by Gasteiger charge is 2.13. The second-order valence-electron chi connectivity index (χ2n) is 6.64. The molecule has 0 saturated carbocycles. The molecule has 1 heteroatoms. The molecular weight excluding hydrogens is 288 g/mol. The average molecular weight is 319 g/mol. The monoisotopic (exact) mass is 318 g/mol. The lowest BCUT2D eigenvalue weighted by molar-refractivity contribution is 0.585. The van der Waals surface area contributed by atoms with Crippen LogP contribution in [0.5, 0.6) is 0 Å². The van der Waals surface area contributed by atoms with Gasteiger partial charge in [0.15, 0.2) is 0 Å². The molecule has 0 aromatic heterocycles. The van der Waals surface area contributed by atoms with Crippen molar-refractivity contribution in [2.75, 3.05) is 0 Å². The van der Waals surface area contributed by atoms with Crippen LogP contribution in [0.15, 0.2) is 58.2 Å². The zero-order chi connectivity index (χ0) is 16.5. The molecule has 1 rings (SSSR count). The van der Waals surface area contributed by atoms with Gasteiger partial charge in [0.1, 0.15) is 0 Å². The number of allylic oxidation sites excluding steroid dienone is 9. The molecule has 0 N–H and O–H groups in total. The Morgan fingerprint density at radius 2 is 1.95 bits per heavy atom. The fourth-order valence-corrected chi connectivity index (χ4v) is 2.93. The second-order valence-corrected chi connectivity index (χ2v) is 7.13. The maximum absolute atomic E-state index is 6.08. The van der Waals surface area contributed by atoms with Crippen LogP contribution in [0.25, 0.3) is 0 Å². The zero-order valence-electron chi connectivity index (χ0n) is 14.7. The Hall–Kier alpha value is -1.01. The number of rotatable bonds is 8. The first-order valence-electron chi connectivity index (χ1n) is 8.57. The van der Waals surface area contributed by atoms with Gasteiger partial charge < -0.3 is 0 Å². The van der Waals surface area contributed by atoms with E-state index in [0.29, 0.717) is 5.03 Å². The molecule has 122 valence electrons. The molecule has 0 radical (unpaired) electrons. The fraction of sp³-hybridized carbons (Fsp3) is 0.524. The van der Waals surface area contributed by atoms with Crippen LogP contribution in [0.2, 0.25) is 0 Å². The Morgan fingerprint density at radius 1 is 1.27 bits per heavy atom. The van der Waals surface area contributed by atoms with Gasteiger partial charge in [-0.2, -0.15) is 0 Å². The Kier molecular flexibility index (Phi) is 8.56. The van der Waals surface area contributed by atoms with E-state index < -0.39 is 0 Å². The minimum Gasteiger partial charge on any atom is -0.0850 e. The summed E-state index contributed by atoms with van der Waals surface area (Å²) in [4.78, 5) is 0. The van der Waals surface area contributed by atoms with E-state index in [4.69, 9.17) is 11.6 Å². The SMILES string of the molecule is C=C(Cl)/C=C(\C=C(/C)CCC)C1=CCCC=C1CCC(C)C. The first kappa shape index (κ1) is 19.0. The predicted octanol–water partition coefficient (Wildman–Crippen LogP) is 7.49. The number of hydrogen-bond donors (Lipinski definition) is 0. The molecule has 1 aliphatic carbocycles. The van der Waals surface area contributed by atoms with Crippen LogP contribution < -0.4 is 0 Å². The van der Waals surface area contributed by atoms with E-state index >= 15 is 0 Å². The van der Waals surface area contributed by atoms with Gasteiger partial charge >= 0.3 is 0 Å². The van der Waals surface area contributed by atoms with Gasteiger partial charge in [-0.15, -0.1) is 0 Å². The molecule has 0 heterocycles. The first-order valence-corrected chi connectivity index (χ1v) is 8.95. The maximum Gasteiger partial charge on any atom is 0.0340 e. The number of hydrogen-bond acceptors (Lipinski definition) is 0. The van der Waals surface area contributed by atoms with Crippen molar-refractivity contribution in [3.05, 3.63) is 58.2 Å². The van der Waals surface area contributed by atoms with Crippen LogP contribution in [-0.2, 0) is 0 Å². The summed E-state index contributed by atoms with van der Waals surface area (Å²) in [5, 5.41) is 0.602. The quantitative estimate of drug-likeness (QED) is 0.406. The molecule has 0 aromatic rings. The van der Waals surface area contributed by atoms with E-state index in [1.54, 1.807) is 0 Å². The van der Waals surface area contributed by atoms with Crippen molar-refractivity contribution in [1.82, 2.24) is 0 Å². The molecule has 0 amide bonds. The summed E-state index contributed by atoms with van der Waals surface area (Å²) < 4.78 is 0. The Labute approximate surface area is 142 Å². The molecule has 0 bridgehead atoms. The van der Waals surface area contributed by atoms with Crippen LogP contribution in [0.3, 0.4) is 0 Å². The van der Waals surface area contributed by atoms with Crippen LogP contribution in [0.1, 0.15) is 66.2 Å². The van der Waals surface area contributed by atoms with Gasteiger partial charge in [-0.25, -0.2) is 0 Å². The Morgan fingerprint density at radius 3 is 2.55 bits per heavy atom. The maximum atomic E-state index is 6.08. The van der Waals surface area contributed by atoms with E-state index in [1.807, 2.05) is 6.08 Å². The first-order chi connectivity index (χ1) is 10.4. The van der Waals surface area contributed by atoms with Crippen molar-refractivity contribution in [1.29, 1.82) is 0 Å². The van der Waals surface area contributed by atoms with Crippen molar-refractivity contribution in [3.63, 3.8) is 0 Å². The van der Waals surface area contributed by atoms with Crippen LogP contribution in [0.4, 0.5) is 0 Å². The summed E-state index contributed by atoms with van der Waals surface area (Å²) in [7, 11) is 0. The molecule has 0 unspecified atom stereocenters.